The molecular weight excluding hydrogens is 457 g/mol. The number of β-amino-alcohol motifs (C(OH)–C–C–N with tert-alkyl or cyclic N) is 1. The predicted octanol–water partition coefficient (Wildman–Crippen LogP) is 6.15. The van der Waals surface area contributed by atoms with Crippen molar-refractivity contribution in [3.63, 3.8) is 0 Å². The van der Waals surface area contributed by atoms with Gasteiger partial charge in [0, 0.05) is 24.4 Å². The minimum Gasteiger partial charge on any atom is -0.481 e. The lowest BCUT2D eigenvalue weighted by atomic mass is 9.81. The smallest absolute Gasteiger partial charge is 0.303 e. The number of hydrogen-bond donors (Lipinski definition) is 2. The highest BCUT2D eigenvalue weighted by atomic mass is 19.1. The molecule has 0 bridgehead atoms. The van der Waals surface area contributed by atoms with Crippen LogP contribution in [-0.4, -0.2) is 65.2 Å². The van der Waals surface area contributed by atoms with Gasteiger partial charge in [-0.25, -0.2) is 4.39 Å². The van der Waals surface area contributed by atoms with Gasteiger partial charge in [0.25, 0.3) is 0 Å². The molecule has 0 saturated carbocycles. The largest absolute Gasteiger partial charge is 0.481 e. The van der Waals surface area contributed by atoms with Crippen molar-refractivity contribution in [1.29, 1.82) is 0 Å². The van der Waals surface area contributed by atoms with Crippen molar-refractivity contribution in [1.82, 2.24) is 4.90 Å². The zero-order valence-corrected chi connectivity index (χ0v) is 22.4. The van der Waals surface area contributed by atoms with Gasteiger partial charge in [-0.05, 0) is 87.6 Å². The number of allylic oxidation sites excluding steroid dienone is 5. The summed E-state index contributed by atoms with van der Waals surface area (Å²) in [6, 6.07) is 0.332. The average molecular weight is 504 g/mol. The fraction of sp³-hybridized carbons (Fsp3) is 0.700. The van der Waals surface area contributed by atoms with Crippen LogP contribution >= 0.6 is 0 Å². The topological polar surface area (TPSA) is 70.0 Å². The van der Waals surface area contributed by atoms with E-state index in [1.165, 1.54) is 11.1 Å². The van der Waals surface area contributed by atoms with Gasteiger partial charge in [0.2, 0.25) is 0 Å². The Balaban J connectivity index is 1.42. The van der Waals surface area contributed by atoms with Crippen molar-refractivity contribution in [3.05, 3.63) is 47.1 Å². The number of rotatable bonds is 14. The van der Waals surface area contributed by atoms with E-state index in [0.29, 0.717) is 12.6 Å². The van der Waals surface area contributed by atoms with Crippen molar-refractivity contribution in [3.8, 4) is 0 Å². The van der Waals surface area contributed by atoms with E-state index in [-0.39, 0.29) is 19.1 Å². The minimum atomic E-state index is -0.953. The fourth-order valence-corrected chi connectivity index (χ4v) is 5.50. The third kappa shape index (κ3) is 8.67. The Morgan fingerprint density at radius 1 is 1.25 bits per heavy atom. The van der Waals surface area contributed by atoms with Gasteiger partial charge < -0.3 is 14.9 Å². The molecule has 3 rings (SSSR count). The predicted molar refractivity (Wildman–Crippen MR) is 143 cm³/mol. The molecule has 202 valence electrons. The molecule has 2 N–H and O–H groups in total. The number of carboxylic acids is 1. The second-order valence-corrected chi connectivity index (χ2v) is 11.3. The standard InChI is InChI=1S/C30H46FNO4/c1-22(27-13-8-7-11-24(27)10-5-4-6-14-29(34)35)36-21-26(33)20-32-17-9-12-25(32)18-23-15-16-30(2,3)28(31)19-23/h11,13,15-16,19,22,25-26,28,33H,4-10,12,14,17-18,20-21H2,1-3H3,(H,34,35)/t22-,25+,26?,28?/m1/s1. The first-order chi connectivity index (χ1) is 17.2. The van der Waals surface area contributed by atoms with Crippen LogP contribution in [0.1, 0.15) is 85.0 Å². The molecule has 1 aliphatic heterocycles. The molecule has 0 radical (unpaired) electrons. The maximum atomic E-state index is 14.5. The molecule has 0 aromatic carbocycles. The highest BCUT2D eigenvalue weighted by Gasteiger charge is 2.31. The molecule has 6 heteroatoms. The zero-order chi connectivity index (χ0) is 26.1. The number of unbranched alkanes of at least 4 members (excludes halogenated alkanes) is 2. The van der Waals surface area contributed by atoms with E-state index in [0.717, 1.165) is 69.9 Å². The molecule has 1 fully saturated rings. The molecule has 1 saturated heterocycles. The van der Waals surface area contributed by atoms with Crippen molar-refractivity contribution in [2.75, 3.05) is 19.7 Å². The number of aliphatic hydroxyl groups is 1. The quantitative estimate of drug-likeness (QED) is 0.278. The molecule has 2 aliphatic carbocycles. The van der Waals surface area contributed by atoms with Crippen LogP contribution in [0.3, 0.4) is 0 Å². The van der Waals surface area contributed by atoms with Gasteiger partial charge >= 0.3 is 5.97 Å². The highest BCUT2D eigenvalue weighted by molar-refractivity contribution is 5.66. The van der Waals surface area contributed by atoms with Crippen LogP contribution in [0.15, 0.2) is 47.1 Å². The second kappa shape index (κ2) is 13.7. The summed E-state index contributed by atoms with van der Waals surface area (Å²) in [6.07, 6.45) is 17.6. The van der Waals surface area contributed by atoms with Crippen LogP contribution in [-0.2, 0) is 9.53 Å². The van der Waals surface area contributed by atoms with E-state index >= 15 is 0 Å². The molecule has 36 heavy (non-hydrogen) atoms. The summed E-state index contributed by atoms with van der Waals surface area (Å²) >= 11 is 0. The van der Waals surface area contributed by atoms with Crippen molar-refractivity contribution < 1.29 is 24.1 Å². The molecule has 2 unspecified atom stereocenters. The number of hydrogen-bond acceptors (Lipinski definition) is 4. The Bertz CT molecular complexity index is 859. The summed E-state index contributed by atoms with van der Waals surface area (Å²) in [6.45, 7) is 7.72. The number of carboxylic acid groups (broad SMARTS) is 1. The van der Waals surface area contributed by atoms with Crippen molar-refractivity contribution >= 4 is 5.97 Å². The first-order valence-corrected chi connectivity index (χ1v) is 13.8. The van der Waals surface area contributed by atoms with E-state index in [4.69, 9.17) is 9.84 Å². The van der Waals surface area contributed by atoms with E-state index in [1.54, 1.807) is 6.08 Å². The van der Waals surface area contributed by atoms with E-state index < -0.39 is 23.7 Å². The van der Waals surface area contributed by atoms with Crippen LogP contribution in [0.25, 0.3) is 0 Å². The summed E-state index contributed by atoms with van der Waals surface area (Å²) in [5, 5.41) is 19.6. The normalized spacial score (nSPS) is 25.8. The Kier molecular flexibility index (Phi) is 11.0. The van der Waals surface area contributed by atoms with Crippen LogP contribution in [0.4, 0.5) is 4.39 Å². The fourth-order valence-electron chi connectivity index (χ4n) is 5.50. The monoisotopic (exact) mass is 503 g/mol. The molecule has 0 aromatic rings. The van der Waals surface area contributed by atoms with Crippen LogP contribution in [0.2, 0.25) is 0 Å². The van der Waals surface area contributed by atoms with Gasteiger partial charge in [-0.15, -0.1) is 0 Å². The summed E-state index contributed by atoms with van der Waals surface area (Å²) in [4.78, 5) is 13.0. The van der Waals surface area contributed by atoms with Crippen LogP contribution in [0.5, 0.6) is 0 Å². The maximum Gasteiger partial charge on any atom is 0.303 e. The molecule has 3 aliphatic rings. The zero-order valence-electron chi connectivity index (χ0n) is 22.4. The van der Waals surface area contributed by atoms with E-state index in [9.17, 15) is 14.3 Å². The molecule has 0 amide bonds. The Morgan fingerprint density at radius 3 is 2.78 bits per heavy atom. The van der Waals surface area contributed by atoms with Gasteiger partial charge in [-0.3, -0.25) is 9.69 Å². The van der Waals surface area contributed by atoms with Gasteiger partial charge in [0.1, 0.15) is 6.17 Å². The molecule has 5 nitrogen and oxygen atoms in total. The van der Waals surface area contributed by atoms with Crippen molar-refractivity contribution in [2.24, 2.45) is 5.41 Å². The number of likely N-dealkylation sites (tertiary alicyclic amines) is 1. The summed E-state index contributed by atoms with van der Waals surface area (Å²) in [7, 11) is 0. The SMILES string of the molecule is C[C@@H](OCC(O)CN1CCC[C@H]1CC1=CC(F)C(C)(C)C=C1)C1=CCCC=C1CCCCCC(=O)O. The Hall–Kier alpha value is -1.76. The molecule has 0 spiro atoms. The minimum absolute atomic E-state index is 0.0815. The number of nitrogens with zero attached hydrogens (tertiary/aromatic N) is 1. The van der Waals surface area contributed by atoms with Gasteiger partial charge in [-0.1, -0.05) is 44.6 Å². The van der Waals surface area contributed by atoms with E-state index in [2.05, 4.69) is 30.1 Å². The number of aliphatic carboxylic acids is 1. The molecule has 1 heterocycles. The number of alkyl halides is 1. The number of aliphatic hydroxyl groups excluding tert-OH is 1. The second-order valence-electron chi connectivity index (χ2n) is 11.3. The average Bonchev–Trinajstić information content (AvgIpc) is 3.26. The molecule has 0 aromatic heterocycles. The maximum absolute atomic E-state index is 14.5. The number of ether oxygens (including phenoxy) is 1. The Morgan fingerprint density at radius 2 is 2.03 bits per heavy atom. The van der Waals surface area contributed by atoms with Gasteiger partial charge in [0.15, 0.2) is 0 Å². The third-order valence-corrected chi connectivity index (χ3v) is 7.82. The summed E-state index contributed by atoms with van der Waals surface area (Å²) in [5.74, 6) is -0.728. The lowest BCUT2D eigenvalue weighted by Crippen LogP contribution is -2.39. The molecule has 4 atom stereocenters. The summed E-state index contributed by atoms with van der Waals surface area (Å²) < 4.78 is 20.6. The third-order valence-electron chi connectivity index (χ3n) is 7.82. The summed E-state index contributed by atoms with van der Waals surface area (Å²) in [5.41, 5.74) is 3.14. The molecular formula is C30H46FNO4. The van der Waals surface area contributed by atoms with Crippen molar-refractivity contribution in [2.45, 2.75) is 109 Å². The number of carbonyl (C=O) groups is 1. The highest BCUT2D eigenvalue weighted by Crippen LogP contribution is 2.34. The van der Waals surface area contributed by atoms with E-state index in [1.807, 2.05) is 19.9 Å². The van der Waals surface area contributed by atoms with Gasteiger partial charge in [0.05, 0.1) is 18.8 Å². The first-order valence-electron chi connectivity index (χ1n) is 13.8. The lowest BCUT2D eigenvalue weighted by Gasteiger charge is -2.31. The van der Waals surface area contributed by atoms with Crippen LogP contribution in [0, 0.1) is 5.41 Å². The number of halogens is 1. The lowest BCUT2D eigenvalue weighted by molar-refractivity contribution is -0.137. The van der Waals surface area contributed by atoms with Crippen LogP contribution < -0.4 is 0 Å². The van der Waals surface area contributed by atoms with Gasteiger partial charge in [-0.2, -0.15) is 0 Å². The first kappa shape index (κ1) is 28.8. The Labute approximate surface area is 216 Å².